The van der Waals surface area contributed by atoms with Crippen LogP contribution in [0, 0.1) is 5.92 Å². The van der Waals surface area contributed by atoms with Gasteiger partial charge in [0.15, 0.2) is 9.84 Å². The third kappa shape index (κ3) is 3.66. The van der Waals surface area contributed by atoms with Gasteiger partial charge in [0.05, 0.1) is 11.5 Å². The highest BCUT2D eigenvalue weighted by Crippen LogP contribution is 2.21. The zero-order valence-electron chi connectivity index (χ0n) is 10.9. The van der Waals surface area contributed by atoms with Crippen LogP contribution in [0.15, 0.2) is 0 Å². The van der Waals surface area contributed by atoms with Gasteiger partial charge >= 0.3 is 0 Å². The summed E-state index contributed by atoms with van der Waals surface area (Å²) in [6.45, 7) is 4.38. The monoisotopic (exact) mass is 260 g/mol. The van der Waals surface area contributed by atoms with Crippen LogP contribution >= 0.6 is 0 Å². The Morgan fingerprint density at radius 3 is 2.71 bits per heavy atom. The summed E-state index contributed by atoms with van der Waals surface area (Å²) in [5, 5.41) is 3.45. The van der Waals surface area contributed by atoms with Gasteiger partial charge in [-0.05, 0) is 45.7 Å². The summed E-state index contributed by atoms with van der Waals surface area (Å²) < 4.78 is 22.9. The van der Waals surface area contributed by atoms with E-state index in [4.69, 9.17) is 0 Å². The van der Waals surface area contributed by atoms with Gasteiger partial charge in [-0.2, -0.15) is 0 Å². The fraction of sp³-hybridized carbons (Fsp3) is 1.00. The minimum Gasteiger partial charge on any atom is -0.314 e. The standard InChI is InChI=1S/C12H24N2O2S/c1-10-7-11(3-5-13-10)8-14(2)12-4-6-17(15,16)9-12/h10-13H,3-9H2,1-2H3. The molecular formula is C12H24N2O2S. The molecule has 2 saturated heterocycles. The lowest BCUT2D eigenvalue weighted by molar-refractivity contribution is 0.185. The molecule has 3 unspecified atom stereocenters. The Bertz CT molecular complexity index is 356. The lowest BCUT2D eigenvalue weighted by atomic mass is 9.92. The van der Waals surface area contributed by atoms with Gasteiger partial charge in [0.25, 0.3) is 0 Å². The predicted molar refractivity (Wildman–Crippen MR) is 69.9 cm³/mol. The maximum atomic E-state index is 11.5. The first-order valence-corrected chi connectivity index (χ1v) is 8.42. The van der Waals surface area contributed by atoms with E-state index in [9.17, 15) is 8.42 Å². The first-order valence-electron chi connectivity index (χ1n) is 6.60. The van der Waals surface area contributed by atoms with E-state index in [0.717, 1.165) is 25.4 Å². The first-order chi connectivity index (χ1) is 7.96. The van der Waals surface area contributed by atoms with Crippen molar-refractivity contribution in [2.75, 3.05) is 31.6 Å². The highest BCUT2D eigenvalue weighted by molar-refractivity contribution is 7.91. The van der Waals surface area contributed by atoms with Crippen molar-refractivity contribution in [3.63, 3.8) is 0 Å². The van der Waals surface area contributed by atoms with Crippen LogP contribution in [0.3, 0.4) is 0 Å². The lowest BCUT2D eigenvalue weighted by Crippen LogP contribution is -2.42. The van der Waals surface area contributed by atoms with E-state index in [2.05, 4.69) is 24.2 Å². The number of hydrogen-bond donors (Lipinski definition) is 1. The Morgan fingerprint density at radius 1 is 1.35 bits per heavy atom. The van der Waals surface area contributed by atoms with Gasteiger partial charge in [-0.1, -0.05) is 0 Å². The topological polar surface area (TPSA) is 49.4 Å². The zero-order valence-corrected chi connectivity index (χ0v) is 11.7. The van der Waals surface area contributed by atoms with E-state index in [0.29, 0.717) is 17.5 Å². The van der Waals surface area contributed by atoms with Crippen molar-refractivity contribution in [2.45, 2.75) is 38.3 Å². The molecule has 0 spiro atoms. The predicted octanol–water partition coefficient (Wildman–Crippen LogP) is 0.493. The van der Waals surface area contributed by atoms with Gasteiger partial charge in [-0.25, -0.2) is 8.42 Å². The van der Waals surface area contributed by atoms with Crippen LogP contribution in [0.2, 0.25) is 0 Å². The molecule has 0 radical (unpaired) electrons. The number of nitrogens with one attached hydrogen (secondary N) is 1. The number of hydrogen-bond acceptors (Lipinski definition) is 4. The Kier molecular flexibility index (Phi) is 4.10. The van der Waals surface area contributed by atoms with Crippen molar-refractivity contribution in [1.82, 2.24) is 10.2 Å². The largest absolute Gasteiger partial charge is 0.314 e. The highest BCUT2D eigenvalue weighted by atomic mass is 32.2. The van der Waals surface area contributed by atoms with E-state index in [1.165, 1.54) is 12.8 Å². The van der Waals surface area contributed by atoms with E-state index >= 15 is 0 Å². The van der Waals surface area contributed by atoms with Gasteiger partial charge in [0.1, 0.15) is 0 Å². The smallest absolute Gasteiger partial charge is 0.151 e. The second-order valence-electron chi connectivity index (χ2n) is 5.74. The first kappa shape index (κ1) is 13.3. The van der Waals surface area contributed by atoms with Crippen LogP contribution in [0.25, 0.3) is 0 Å². The Morgan fingerprint density at radius 2 is 2.12 bits per heavy atom. The molecule has 0 saturated carbocycles. The molecule has 3 atom stereocenters. The number of sulfone groups is 1. The fourth-order valence-electron chi connectivity index (χ4n) is 3.08. The Balaban J connectivity index is 1.83. The Labute approximate surface area is 105 Å². The average molecular weight is 260 g/mol. The molecule has 0 aliphatic carbocycles. The van der Waals surface area contributed by atoms with Gasteiger partial charge in [-0.3, -0.25) is 0 Å². The molecule has 2 aliphatic heterocycles. The van der Waals surface area contributed by atoms with E-state index in [1.54, 1.807) is 0 Å². The van der Waals surface area contributed by atoms with E-state index < -0.39 is 9.84 Å². The zero-order chi connectivity index (χ0) is 12.5. The van der Waals surface area contributed by atoms with Crippen LogP contribution in [-0.4, -0.2) is 57.0 Å². The molecule has 0 aromatic rings. The molecule has 0 aromatic carbocycles. The maximum Gasteiger partial charge on any atom is 0.151 e. The fourth-order valence-corrected chi connectivity index (χ4v) is 4.89. The van der Waals surface area contributed by atoms with Crippen molar-refractivity contribution in [3.8, 4) is 0 Å². The quantitative estimate of drug-likeness (QED) is 0.802. The highest BCUT2D eigenvalue weighted by Gasteiger charge is 2.31. The van der Waals surface area contributed by atoms with Crippen LogP contribution in [0.4, 0.5) is 0 Å². The second-order valence-corrected chi connectivity index (χ2v) is 7.97. The van der Waals surface area contributed by atoms with Crippen LogP contribution in [0.1, 0.15) is 26.2 Å². The van der Waals surface area contributed by atoms with E-state index in [1.807, 2.05) is 0 Å². The normalized spacial score (nSPS) is 37.5. The molecule has 5 heteroatoms. The average Bonchev–Trinajstić information content (AvgIpc) is 2.59. The molecule has 100 valence electrons. The summed E-state index contributed by atoms with van der Waals surface area (Å²) in [4.78, 5) is 2.27. The molecule has 2 fully saturated rings. The van der Waals surface area contributed by atoms with Crippen molar-refractivity contribution < 1.29 is 8.42 Å². The molecule has 0 bridgehead atoms. The third-order valence-corrected chi connectivity index (χ3v) is 5.86. The van der Waals surface area contributed by atoms with Crippen molar-refractivity contribution in [2.24, 2.45) is 5.92 Å². The Hall–Kier alpha value is -0.130. The van der Waals surface area contributed by atoms with Crippen molar-refractivity contribution in [1.29, 1.82) is 0 Å². The SMILES string of the molecule is CC1CC(CN(C)C2CCS(=O)(=O)C2)CCN1. The number of piperidine rings is 1. The minimum absolute atomic E-state index is 0.255. The summed E-state index contributed by atoms with van der Waals surface area (Å²) in [5.41, 5.74) is 0. The van der Waals surface area contributed by atoms with Crippen molar-refractivity contribution in [3.05, 3.63) is 0 Å². The molecule has 2 rings (SSSR count). The van der Waals surface area contributed by atoms with Gasteiger partial charge < -0.3 is 10.2 Å². The number of nitrogens with zero attached hydrogens (tertiary/aromatic N) is 1. The summed E-state index contributed by atoms with van der Waals surface area (Å²) in [5.74, 6) is 1.47. The molecule has 2 heterocycles. The molecule has 17 heavy (non-hydrogen) atoms. The number of rotatable bonds is 3. The molecular weight excluding hydrogens is 236 g/mol. The molecule has 2 aliphatic rings. The molecule has 1 N–H and O–H groups in total. The second kappa shape index (κ2) is 5.24. The summed E-state index contributed by atoms with van der Waals surface area (Å²) >= 11 is 0. The summed E-state index contributed by atoms with van der Waals surface area (Å²) in [7, 11) is -0.665. The van der Waals surface area contributed by atoms with Crippen molar-refractivity contribution >= 4 is 9.84 Å². The summed E-state index contributed by atoms with van der Waals surface area (Å²) in [6.07, 6.45) is 3.25. The maximum absolute atomic E-state index is 11.5. The molecule has 4 nitrogen and oxygen atoms in total. The third-order valence-electron chi connectivity index (χ3n) is 4.11. The van der Waals surface area contributed by atoms with Crippen LogP contribution in [-0.2, 0) is 9.84 Å². The van der Waals surface area contributed by atoms with Gasteiger partial charge in [0.2, 0.25) is 0 Å². The van der Waals surface area contributed by atoms with E-state index in [-0.39, 0.29) is 6.04 Å². The lowest BCUT2D eigenvalue weighted by Gasteiger charge is -2.33. The summed E-state index contributed by atoms with van der Waals surface area (Å²) in [6, 6.07) is 0.861. The van der Waals surface area contributed by atoms with Gasteiger partial charge in [-0.15, -0.1) is 0 Å². The molecule has 0 aromatic heterocycles. The minimum atomic E-state index is -2.75. The van der Waals surface area contributed by atoms with Gasteiger partial charge in [0, 0.05) is 18.6 Å². The molecule has 0 amide bonds. The van der Waals surface area contributed by atoms with Crippen LogP contribution < -0.4 is 5.32 Å². The van der Waals surface area contributed by atoms with Crippen LogP contribution in [0.5, 0.6) is 0 Å².